The lowest BCUT2D eigenvalue weighted by molar-refractivity contribution is 0.102. The van der Waals surface area contributed by atoms with Gasteiger partial charge in [0.1, 0.15) is 11.8 Å². The molecule has 0 fully saturated rings. The number of rotatable bonds is 3. The Morgan fingerprint density at radius 2 is 2.24 bits per heavy atom. The number of fused-ring (bicyclic) bond motifs is 1. The van der Waals surface area contributed by atoms with E-state index in [0.29, 0.717) is 34.7 Å². The lowest BCUT2D eigenvalue weighted by Gasteiger charge is -2.07. The topological polar surface area (TPSA) is 80.9 Å². The first-order valence-corrected chi connectivity index (χ1v) is 6.65. The van der Waals surface area contributed by atoms with Gasteiger partial charge in [-0.2, -0.15) is 0 Å². The van der Waals surface area contributed by atoms with Gasteiger partial charge in [-0.25, -0.2) is 15.0 Å². The lowest BCUT2D eigenvalue weighted by Crippen LogP contribution is -2.15. The third kappa shape index (κ3) is 2.60. The van der Waals surface area contributed by atoms with Crippen LogP contribution in [-0.4, -0.2) is 20.9 Å². The monoisotopic (exact) mass is 282 g/mol. The van der Waals surface area contributed by atoms with Crippen molar-refractivity contribution in [2.45, 2.75) is 20.3 Å². The van der Waals surface area contributed by atoms with E-state index in [0.717, 1.165) is 5.69 Å². The number of aromatic nitrogens is 3. The lowest BCUT2D eigenvalue weighted by atomic mass is 10.1. The fourth-order valence-corrected chi connectivity index (χ4v) is 2.15. The number of oxazole rings is 1. The summed E-state index contributed by atoms with van der Waals surface area (Å²) in [6, 6.07) is 5.34. The minimum atomic E-state index is -0.230. The van der Waals surface area contributed by atoms with E-state index in [9.17, 15) is 4.79 Å². The number of benzene rings is 1. The second-order valence-corrected chi connectivity index (χ2v) is 4.61. The van der Waals surface area contributed by atoms with Crippen molar-refractivity contribution in [1.29, 1.82) is 0 Å². The van der Waals surface area contributed by atoms with Crippen molar-refractivity contribution < 1.29 is 9.21 Å². The number of carbonyl (C=O) groups excluding carboxylic acids is 1. The molecule has 0 unspecified atom stereocenters. The van der Waals surface area contributed by atoms with Gasteiger partial charge in [-0.05, 0) is 24.6 Å². The van der Waals surface area contributed by atoms with E-state index in [1.54, 1.807) is 25.1 Å². The predicted molar refractivity (Wildman–Crippen MR) is 78.1 cm³/mol. The average molecular weight is 282 g/mol. The first-order valence-electron chi connectivity index (χ1n) is 6.65. The highest BCUT2D eigenvalue weighted by atomic mass is 16.3. The molecule has 1 amide bonds. The molecular formula is C15H14N4O2. The van der Waals surface area contributed by atoms with Crippen LogP contribution in [0, 0.1) is 6.92 Å². The van der Waals surface area contributed by atoms with Crippen molar-refractivity contribution in [3.63, 3.8) is 0 Å². The summed E-state index contributed by atoms with van der Waals surface area (Å²) < 4.78 is 5.41. The third-order valence-corrected chi connectivity index (χ3v) is 3.13. The van der Waals surface area contributed by atoms with Gasteiger partial charge in [0.2, 0.25) is 0 Å². The molecule has 2 aromatic heterocycles. The van der Waals surface area contributed by atoms with Gasteiger partial charge in [-0.1, -0.05) is 6.92 Å². The molecule has 3 aromatic rings. The zero-order valence-corrected chi connectivity index (χ0v) is 11.8. The standard InChI is InChI=1S/C15H14N4O2/c1-3-12-11(7-16-8-17-12)15(20)19-10-4-5-14-13(6-10)18-9(2)21-14/h4-8H,3H2,1-2H3,(H,19,20). The predicted octanol–water partition coefficient (Wildman–Crippen LogP) is 2.74. The Morgan fingerprint density at radius 1 is 1.38 bits per heavy atom. The number of nitrogens with zero attached hydrogens (tertiary/aromatic N) is 3. The van der Waals surface area contributed by atoms with Crippen LogP contribution in [0.2, 0.25) is 0 Å². The highest BCUT2D eigenvalue weighted by Gasteiger charge is 2.12. The Morgan fingerprint density at radius 3 is 3.05 bits per heavy atom. The molecule has 3 rings (SSSR count). The third-order valence-electron chi connectivity index (χ3n) is 3.13. The minimum absolute atomic E-state index is 0.230. The number of amides is 1. The summed E-state index contributed by atoms with van der Waals surface area (Å²) >= 11 is 0. The van der Waals surface area contributed by atoms with Crippen molar-refractivity contribution in [3.05, 3.63) is 47.9 Å². The molecule has 6 heteroatoms. The van der Waals surface area contributed by atoms with E-state index in [-0.39, 0.29) is 5.91 Å². The molecule has 0 saturated carbocycles. The summed E-state index contributed by atoms with van der Waals surface area (Å²) in [5.41, 5.74) is 3.28. The fraction of sp³-hybridized carbons (Fsp3) is 0.200. The van der Waals surface area contributed by atoms with Crippen LogP contribution in [0.5, 0.6) is 0 Å². The minimum Gasteiger partial charge on any atom is -0.441 e. The molecule has 0 aliphatic heterocycles. The van der Waals surface area contributed by atoms with E-state index in [1.165, 1.54) is 12.5 Å². The zero-order valence-electron chi connectivity index (χ0n) is 11.8. The molecule has 0 bridgehead atoms. The summed E-state index contributed by atoms with van der Waals surface area (Å²) in [5.74, 6) is 0.366. The Bertz CT molecular complexity index is 810. The van der Waals surface area contributed by atoms with E-state index in [2.05, 4.69) is 20.3 Å². The number of aryl methyl sites for hydroxylation is 2. The van der Waals surface area contributed by atoms with Gasteiger partial charge >= 0.3 is 0 Å². The normalized spacial score (nSPS) is 10.8. The van der Waals surface area contributed by atoms with Crippen molar-refractivity contribution >= 4 is 22.7 Å². The molecule has 2 heterocycles. The van der Waals surface area contributed by atoms with Crippen LogP contribution in [-0.2, 0) is 6.42 Å². The fourth-order valence-electron chi connectivity index (χ4n) is 2.15. The van der Waals surface area contributed by atoms with E-state index in [4.69, 9.17) is 4.42 Å². The highest BCUT2D eigenvalue weighted by Crippen LogP contribution is 2.20. The van der Waals surface area contributed by atoms with Crippen LogP contribution in [0.4, 0.5) is 5.69 Å². The first-order chi connectivity index (χ1) is 10.2. The second kappa shape index (κ2) is 5.32. The number of hydrogen-bond donors (Lipinski definition) is 1. The maximum Gasteiger partial charge on any atom is 0.259 e. The Hall–Kier alpha value is -2.76. The van der Waals surface area contributed by atoms with Gasteiger partial charge in [0.05, 0.1) is 11.3 Å². The summed E-state index contributed by atoms with van der Waals surface area (Å²) in [4.78, 5) is 24.6. The summed E-state index contributed by atoms with van der Waals surface area (Å²) in [7, 11) is 0. The molecule has 1 aromatic carbocycles. The van der Waals surface area contributed by atoms with Gasteiger partial charge in [0, 0.05) is 18.8 Å². The van der Waals surface area contributed by atoms with Gasteiger partial charge in [0.15, 0.2) is 11.5 Å². The van der Waals surface area contributed by atoms with Crippen LogP contribution in [0.1, 0.15) is 28.9 Å². The molecule has 0 saturated heterocycles. The molecule has 0 radical (unpaired) electrons. The van der Waals surface area contributed by atoms with Gasteiger partial charge in [-0.15, -0.1) is 0 Å². The maximum absolute atomic E-state index is 12.3. The molecular weight excluding hydrogens is 268 g/mol. The van der Waals surface area contributed by atoms with E-state index in [1.807, 2.05) is 6.92 Å². The highest BCUT2D eigenvalue weighted by molar-refractivity contribution is 6.05. The van der Waals surface area contributed by atoms with Crippen molar-refractivity contribution in [1.82, 2.24) is 15.0 Å². The van der Waals surface area contributed by atoms with Gasteiger partial charge in [0.25, 0.3) is 5.91 Å². The number of hydrogen-bond acceptors (Lipinski definition) is 5. The van der Waals surface area contributed by atoms with Gasteiger partial charge in [-0.3, -0.25) is 4.79 Å². The van der Waals surface area contributed by atoms with Crippen molar-refractivity contribution in [3.8, 4) is 0 Å². The number of carbonyl (C=O) groups is 1. The SMILES string of the molecule is CCc1ncncc1C(=O)Nc1ccc2oc(C)nc2c1. The Balaban J connectivity index is 1.88. The quantitative estimate of drug-likeness (QED) is 0.798. The zero-order chi connectivity index (χ0) is 14.8. The average Bonchev–Trinajstić information content (AvgIpc) is 2.86. The van der Waals surface area contributed by atoms with Crippen LogP contribution in [0.25, 0.3) is 11.1 Å². The summed E-state index contributed by atoms with van der Waals surface area (Å²) in [5, 5.41) is 2.83. The molecule has 106 valence electrons. The van der Waals surface area contributed by atoms with Crippen LogP contribution >= 0.6 is 0 Å². The van der Waals surface area contributed by atoms with Crippen molar-refractivity contribution in [2.24, 2.45) is 0 Å². The summed E-state index contributed by atoms with van der Waals surface area (Å²) in [6.07, 6.45) is 3.65. The van der Waals surface area contributed by atoms with E-state index < -0.39 is 0 Å². The Kier molecular flexibility index (Phi) is 3.35. The maximum atomic E-state index is 12.3. The molecule has 1 N–H and O–H groups in total. The molecule has 0 aliphatic carbocycles. The van der Waals surface area contributed by atoms with Crippen molar-refractivity contribution in [2.75, 3.05) is 5.32 Å². The van der Waals surface area contributed by atoms with Crippen LogP contribution < -0.4 is 5.32 Å². The molecule has 6 nitrogen and oxygen atoms in total. The molecule has 0 spiro atoms. The first kappa shape index (κ1) is 13.2. The summed E-state index contributed by atoms with van der Waals surface area (Å²) in [6.45, 7) is 3.73. The number of nitrogens with one attached hydrogen (secondary N) is 1. The molecule has 21 heavy (non-hydrogen) atoms. The molecule has 0 aliphatic rings. The second-order valence-electron chi connectivity index (χ2n) is 4.61. The largest absolute Gasteiger partial charge is 0.441 e. The van der Waals surface area contributed by atoms with Crippen LogP contribution in [0.15, 0.2) is 35.1 Å². The smallest absolute Gasteiger partial charge is 0.259 e. The number of anilines is 1. The van der Waals surface area contributed by atoms with Crippen LogP contribution in [0.3, 0.4) is 0 Å². The van der Waals surface area contributed by atoms with E-state index >= 15 is 0 Å². The Labute approximate surface area is 121 Å². The molecule has 0 atom stereocenters. The van der Waals surface area contributed by atoms with Gasteiger partial charge < -0.3 is 9.73 Å².